The molecule has 1 saturated heterocycles. The van der Waals surface area contributed by atoms with Gasteiger partial charge in [0.2, 0.25) is 11.8 Å². The lowest BCUT2D eigenvalue weighted by Crippen LogP contribution is -2.68. The molecule has 1 atom stereocenters. The average molecular weight is 266 g/mol. The summed E-state index contributed by atoms with van der Waals surface area (Å²) in [5, 5.41) is 2.84. The lowest BCUT2D eigenvalue weighted by molar-refractivity contribution is -0.155. The predicted molar refractivity (Wildman–Crippen MR) is 74.5 cm³/mol. The predicted octanol–water partition coefficient (Wildman–Crippen LogP) is 1.94. The van der Waals surface area contributed by atoms with Crippen molar-refractivity contribution in [3.05, 3.63) is 0 Å². The third-order valence-corrected chi connectivity index (χ3v) is 4.90. The van der Waals surface area contributed by atoms with Crippen LogP contribution in [0.1, 0.15) is 53.9 Å². The molecule has 19 heavy (non-hydrogen) atoms. The first-order chi connectivity index (χ1) is 8.73. The zero-order valence-electron chi connectivity index (χ0n) is 12.7. The summed E-state index contributed by atoms with van der Waals surface area (Å²) in [4.78, 5) is 26.6. The molecule has 108 valence electrons. The molecule has 4 nitrogen and oxygen atoms in total. The highest BCUT2D eigenvalue weighted by atomic mass is 16.2. The van der Waals surface area contributed by atoms with Crippen molar-refractivity contribution in [3.8, 4) is 0 Å². The van der Waals surface area contributed by atoms with Crippen molar-refractivity contribution in [3.63, 3.8) is 0 Å². The van der Waals surface area contributed by atoms with E-state index in [0.717, 1.165) is 6.54 Å². The molecule has 2 aliphatic rings. The molecule has 1 aliphatic carbocycles. The van der Waals surface area contributed by atoms with Crippen LogP contribution >= 0.6 is 0 Å². The minimum atomic E-state index is -0.768. The molecule has 1 unspecified atom stereocenters. The third kappa shape index (κ3) is 2.37. The summed E-state index contributed by atoms with van der Waals surface area (Å²) in [6.07, 6.45) is 3.03. The molecule has 4 heteroatoms. The Morgan fingerprint density at radius 3 is 2.32 bits per heavy atom. The van der Waals surface area contributed by atoms with Crippen LogP contribution in [-0.2, 0) is 9.59 Å². The second-order valence-electron chi connectivity index (χ2n) is 6.99. The van der Waals surface area contributed by atoms with Crippen LogP contribution in [-0.4, -0.2) is 34.8 Å². The van der Waals surface area contributed by atoms with Gasteiger partial charge in [-0.25, -0.2) is 0 Å². The van der Waals surface area contributed by atoms with Gasteiger partial charge in [-0.15, -0.1) is 0 Å². The van der Waals surface area contributed by atoms with Crippen molar-refractivity contribution >= 4 is 11.8 Å². The maximum absolute atomic E-state index is 12.6. The van der Waals surface area contributed by atoms with Crippen molar-refractivity contribution in [2.75, 3.05) is 6.54 Å². The summed E-state index contributed by atoms with van der Waals surface area (Å²) in [7, 11) is 0. The Morgan fingerprint density at radius 1 is 1.32 bits per heavy atom. The van der Waals surface area contributed by atoms with Gasteiger partial charge >= 0.3 is 0 Å². The van der Waals surface area contributed by atoms with Crippen LogP contribution in [0.2, 0.25) is 0 Å². The van der Waals surface area contributed by atoms with Crippen LogP contribution in [0, 0.1) is 11.3 Å². The van der Waals surface area contributed by atoms with Gasteiger partial charge in [-0.1, -0.05) is 20.8 Å². The molecule has 0 radical (unpaired) electrons. The van der Waals surface area contributed by atoms with Gasteiger partial charge in [-0.3, -0.25) is 9.59 Å². The topological polar surface area (TPSA) is 49.4 Å². The van der Waals surface area contributed by atoms with Crippen molar-refractivity contribution in [2.45, 2.75) is 65.5 Å². The standard InChI is InChI=1S/C15H26N2O2/c1-6-11-12(18)16-14(4,5)13(19)17(11)9-15(7-8-15)10(2)3/h10-11H,6-9H2,1-5H3,(H,16,18). The monoisotopic (exact) mass is 266 g/mol. The molecule has 2 fully saturated rings. The largest absolute Gasteiger partial charge is 0.340 e. The van der Waals surface area contributed by atoms with Crippen LogP contribution in [0.5, 0.6) is 0 Å². The number of hydrogen-bond acceptors (Lipinski definition) is 2. The van der Waals surface area contributed by atoms with Crippen molar-refractivity contribution in [1.82, 2.24) is 10.2 Å². The SMILES string of the molecule is CCC1C(=O)NC(C)(C)C(=O)N1CC1(C(C)C)CC1. The molecule has 2 rings (SSSR count). The van der Waals surface area contributed by atoms with Gasteiger partial charge in [-0.2, -0.15) is 0 Å². The fourth-order valence-electron chi connectivity index (χ4n) is 3.09. The van der Waals surface area contributed by atoms with E-state index in [1.54, 1.807) is 13.8 Å². The van der Waals surface area contributed by atoms with Gasteiger partial charge in [0.15, 0.2) is 0 Å². The fraction of sp³-hybridized carbons (Fsp3) is 0.867. The second kappa shape index (κ2) is 4.50. The average Bonchev–Trinajstić information content (AvgIpc) is 3.06. The summed E-state index contributed by atoms with van der Waals surface area (Å²) in [6, 6.07) is -0.295. The zero-order valence-corrected chi connectivity index (χ0v) is 12.7. The Labute approximate surface area is 115 Å². The van der Waals surface area contributed by atoms with E-state index < -0.39 is 5.54 Å². The van der Waals surface area contributed by atoms with Crippen LogP contribution in [0.15, 0.2) is 0 Å². The summed E-state index contributed by atoms with van der Waals surface area (Å²) < 4.78 is 0. The first-order valence-corrected chi connectivity index (χ1v) is 7.36. The van der Waals surface area contributed by atoms with Gasteiger partial charge in [-0.05, 0) is 44.4 Å². The molecule has 1 aliphatic heterocycles. The highest BCUT2D eigenvalue weighted by Gasteiger charge is 2.52. The normalized spacial score (nSPS) is 28.5. The van der Waals surface area contributed by atoms with Crippen molar-refractivity contribution in [2.24, 2.45) is 11.3 Å². The Hall–Kier alpha value is -1.06. The second-order valence-corrected chi connectivity index (χ2v) is 6.99. The molecule has 0 aromatic carbocycles. The summed E-state index contributed by atoms with van der Waals surface area (Å²) in [6.45, 7) is 10.7. The Bertz CT molecular complexity index is 397. The number of carbonyl (C=O) groups excluding carboxylic acids is 2. The van der Waals surface area contributed by atoms with E-state index in [1.807, 2.05) is 11.8 Å². The molecule has 0 aromatic rings. The number of hydrogen-bond donors (Lipinski definition) is 1. The Kier molecular flexibility index (Phi) is 3.40. The lowest BCUT2D eigenvalue weighted by atomic mass is 9.88. The van der Waals surface area contributed by atoms with E-state index in [9.17, 15) is 9.59 Å². The minimum Gasteiger partial charge on any atom is -0.340 e. The lowest BCUT2D eigenvalue weighted by Gasteiger charge is -2.44. The first-order valence-electron chi connectivity index (χ1n) is 7.36. The number of amides is 2. The third-order valence-electron chi connectivity index (χ3n) is 4.90. The number of nitrogens with zero attached hydrogens (tertiary/aromatic N) is 1. The van der Waals surface area contributed by atoms with Gasteiger partial charge in [0.1, 0.15) is 11.6 Å². The number of carbonyl (C=O) groups is 2. The van der Waals surface area contributed by atoms with Gasteiger partial charge in [0.25, 0.3) is 0 Å². The zero-order chi connectivity index (χ0) is 14.4. The van der Waals surface area contributed by atoms with E-state index >= 15 is 0 Å². The van der Waals surface area contributed by atoms with E-state index in [-0.39, 0.29) is 23.3 Å². The molecule has 1 heterocycles. The van der Waals surface area contributed by atoms with E-state index in [0.29, 0.717) is 12.3 Å². The number of rotatable bonds is 4. The molecule has 1 saturated carbocycles. The number of nitrogens with one attached hydrogen (secondary N) is 1. The number of piperazine rings is 1. The minimum absolute atomic E-state index is 0.00773. The molecular weight excluding hydrogens is 240 g/mol. The van der Waals surface area contributed by atoms with Crippen LogP contribution < -0.4 is 5.32 Å². The first kappa shape index (κ1) is 14.4. The highest BCUT2D eigenvalue weighted by molar-refractivity contribution is 5.99. The summed E-state index contributed by atoms with van der Waals surface area (Å²) >= 11 is 0. The van der Waals surface area contributed by atoms with Crippen LogP contribution in [0.25, 0.3) is 0 Å². The summed E-state index contributed by atoms with van der Waals surface area (Å²) in [5.41, 5.74) is -0.521. The molecule has 0 aromatic heterocycles. The van der Waals surface area contributed by atoms with Crippen molar-refractivity contribution in [1.29, 1.82) is 0 Å². The van der Waals surface area contributed by atoms with Gasteiger partial charge in [0.05, 0.1) is 0 Å². The maximum Gasteiger partial charge on any atom is 0.248 e. The maximum atomic E-state index is 12.6. The summed E-state index contributed by atoms with van der Waals surface area (Å²) in [5.74, 6) is 0.614. The van der Waals surface area contributed by atoms with Gasteiger partial charge < -0.3 is 10.2 Å². The highest BCUT2D eigenvalue weighted by Crippen LogP contribution is 2.52. The molecule has 0 spiro atoms. The Morgan fingerprint density at radius 2 is 1.89 bits per heavy atom. The van der Waals surface area contributed by atoms with E-state index in [4.69, 9.17) is 0 Å². The smallest absolute Gasteiger partial charge is 0.248 e. The van der Waals surface area contributed by atoms with Crippen molar-refractivity contribution < 1.29 is 9.59 Å². The van der Waals surface area contributed by atoms with E-state index in [1.165, 1.54) is 12.8 Å². The molecule has 2 amide bonds. The Balaban J connectivity index is 2.23. The van der Waals surface area contributed by atoms with E-state index in [2.05, 4.69) is 19.2 Å². The van der Waals surface area contributed by atoms with Crippen LogP contribution in [0.4, 0.5) is 0 Å². The fourth-order valence-corrected chi connectivity index (χ4v) is 3.09. The van der Waals surface area contributed by atoms with Gasteiger partial charge in [0, 0.05) is 6.54 Å². The van der Waals surface area contributed by atoms with Crippen LogP contribution in [0.3, 0.4) is 0 Å². The molecular formula is C15H26N2O2. The quantitative estimate of drug-likeness (QED) is 0.845. The molecule has 1 N–H and O–H groups in total. The molecule has 0 bridgehead atoms.